The molecule has 0 saturated heterocycles. The van der Waals surface area contributed by atoms with Gasteiger partial charge in [-0.15, -0.1) is 0 Å². The number of ether oxygens (including phenoxy) is 2. The summed E-state index contributed by atoms with van der Waals surface area (Å²) in [5.41, 5.74) is 10.2. The number of hydrogen-bond donors (Lipinski definition) is 2. The number of methoxy groups -OCH3 is 1. The molecule has 12 nitrogen and oxygen atoms in total. The fourth-order valence-corrected chi connectivity index (χ4v) is 11.2. The number of nitrogens with one attached hydrogen (secondary N) is 2. The van der Waals surface area contributed by atoms with Gasteiger partial charge in [-0.1, -0.05) is 17.7 Å². The van der Waals surface area contributed by atoms with Crippen LogP contribution in [0, 0.1) is 0 Å². The van der Waals surface area contributed by atoms with Gasteiger partial charge >= 0.3 is 0 Å². The minimum absolute atomic E-state index is 0.0316. The zero-order valence-electron chi connectivity index (χ0n) is 36.7. The SMILES string of the molecule is COc1ccc2c(c1)c(CC(=O)NCCNC(=O)c1ccc(C3=c4cc5c6c(c4Oc4c3cc3c7c4CCCN7CCC3)CCC[N+]=6CCC5)c(C(=O)[O-])c1)cn2C(=O)c1ccc(Cl)cc1. The van der Waals surface area contributed by atoms with E-state index in [9.17, 15) is 24.3 Å². The van der Waals surface area contributed by atoms with Crippen molar-refractivity contribution in [3.05, 3.63) is 150 Å². The van der Waals surface area contributed by atoms with E-state index in [4.69, 9.17) is 21.1 Å². The molecule has 1 aromatic heterocycles. The maximum absolute atomic E-state index is 13.7. The van der Waals surface area contributed by atoms with Crippen LogP contribution in [0.5, 0.6) is 17.2 Å². The minimum atomic E-state index is -1.38. The first-order valence-corrected chi connectivity index (χ1v) is 23.3. The van der Waals surface area contributed by atoms with Crippen LogP contribution in [0.15, 0.2) is 79.0 Å². The van der Waals surface area contributed by atoms with Gasteiger partial charge in [0.1, 0.15) is 30.3 Å². The van der Waals surface area contributed by atoms with Crippen LogP contribution in [0.1, 0.15) is 95.7 Å². The van der Waals surface area contributed by atoms with Gasteiger partial charge < -0.3 is 34.9 Å². The fourth-order valence-electron chi connectivity index (χ4n) is 11.0. The number of nitrogens with zero attached hydrogens (tertiary/aromatic N) is 3. The molecule has 0 bridgehead atoms. The van der Waals surface area contributed by atoms with Crippen molar-refractivity contribution in [2.75, 3.05) is 51.3 Å². The highest BCUT2D eigenvalue weighted by Crippen LogP contribution is 2.49. The maximum Gasteiger partial charge on any atom is 0.262 e. The summed E-state index contributed by atoms with van der Waals surface area (Å²) in [5, 5.41) is 22.3. The van der Waals surface area contributed by atoms with Crippen LogP contribution in [-0.4, -0.2) is 74.6 Å². The molecule has 6 heterocycles. The molecule has 0 saturated carbocycles. The van der Waals surface area contributed by atoms with E-state index in [0.717, 1.165) is 105 Å². The molecule has 5 aromatic carbocycles. The van der Waals surface area contributed by atoms with E-state index >= 15 is 0 Å². The highest BCUT2D eigenvalue weighted by Gasteiger charge is 2.36. The molecule has 13 heteroatoms. The predicted molar refractivity (Wildman–Crippen MR) is 250 cm³/mol. The second kappa shape index (κ2) is 16.8. The molecule has 5 aliphatic heterocycles. The topological polar surface area (TPSA) is 145 Å². The summed E-state index contributed by atoms with van der Waals surface area (Å²) in [4.78, 5) is 56.3. The fraction of sp³-hybridized carbons (Fsp3) is 0.302. The summed E-state index contributed by atoms with van der Waals surface area (Å²) in [5.74, 6) is -0.226. The first-order valence-electron chi connectivity index (χ1n) is 23.0. The molecule has 0 atom stereocenters. The number of fused-ring (bicyclic) bond motifs is 5. The van der Waals surface area contributed by atoms with E-state index in [1.165, 1.54) is 43.9 Å². The lowest BCUT2D eigenvalue weighted by Crippen LogP contribution is -2.45. The zero-order chi connectivity index (χ0) is 45.2. The Morgan fingerprint density at radius 1 is 0.788 bits per heavy atom. The Bertz CT molecular complexity index is 3200. The van der Waals surface area contributed by atoms with Crippen LogP contribution in [0.2, 0.25) is 5.02 Å². The Balaban J connectivity index is 0.868. The van der Waals surface area contributed by atoms with Gasteiger partial charge in [0.25, 0.3) is 11.8 Å². The van der Waals surface area contributed by atoms with E-state index in [2.05, 4.69) is 32.2 Å². The third-order valence-electron chi connectivity index (χ3n) is 13.9. The molecule has 6 aromatic rings. The number of aryl methyl sites for hydroxylation is 2. The smallest absolute Gasteiger partial charge is 0.262 e. The summed E-state index contributed by atoms with van der Waals surface area (Å²) in [7, 11) is 1.55. The molecule has 334 valence electrons. The van der Waals surface area contributed by atoms with Gasteiger partial charge in [0, 0.05) is 105 Å². The zero-order valence-corrected chi connectivity index (χ0v) is 37.4. The van der Waals surface area contributed by atoms with Crippen molar-refractivity contribution in [3.63, 3.8) is 0 Å². The van der Waals surface area contributed by atoms with Crippen LogP contribution in [-0.2, 0) is 36.9 Å². The number of aromatic carboxylic acids is 1. The minimum Gasteiger partial charge on any atom is -0.545 e. The Morgan fingerprint density at radius 2 is 1.53 bits per heavy atom. The van der Waals surface area contributed by atoms with Gasteiger partial charge in [-0.05, 0) is 122 Å². The van der Waals surface area contributed by atoms with Crippen molar-refractivity contribution in [2.45, 2.75) is 57.8 Å². The summed E-state index contributed by atoms with van der Waals surface area (Å²) < 4.78 is 16.6. The lowest BCUT2D eigenvalue weighted by Gasteiger charge is -2.39. The van der Waals surface area contributed by atoms with Gasteiger partial charge in [0.2, 0.25) is 11.3 Å². The maximum atomic E-state index is 13.7. The third-order valence-corrected chi connectivity index (χ3v) is 14.2. The Labute approximate surface area is 386 Å². The molecule has 0 fully saturated rings. The van der Waals surface area contributed by atoms with E-state index in [1.54, 1.807) is 67.9 Å². The molecular weight excluding hydrogens is 854 g/mol. The lowest BCUT2D eigenvalue weighted by molar-refractivity contribution is -0.255. The van der Waals surface area contributed by atoms with E-state index in [0.29, 0.717) is 38.4 Å². The quantitative estimate of drug-likeness (QED) is 0.146. The number of aromatic nitrogens is 1. The number of rotatable bonds is 10. The van der Waals surface area contributed by atoms with Gasteiger partial charge in [0.05, 0.1) is 30.6 Å². The summed E-state index contributed by atoms with van der Waals surface area (Å²) >= 11 is 6.06. The van der Waals surface area contributed by atoms with Crippen LogP contribution in [0.3, 0.4) is 0 Å². The second-order valence-corrected chi connectivity index (χ2v) is 18.3. The molecule has 5 aliphatic rings. The number of amides is 2. The van der Waals surface area contributed by atoms with Crippen molar-refractivity contribution >= 4 is 57.5 Å². The number of carboxylic acids is 1. The van der Waals surface area contributed by atoms with Crippen molar-refractivity contribution in [1.82, 2.24) is 19.8 Å². The molecule has 11 rings (SSSR count). The Morgan fingerprint density at radius 3 is 2.33 bits per heavy atom. The highest BCUT2D eigenvalue weighted by atomic mass is 35.5. The molecule has 2 N–H and O–H groups in total. The first-order chi connectivity index (χ1) is 32.1. The van der Waals surface area contributed by atoms with Crippen LogP contribution >= 0.6 is 11.6 Å². The van der Waals surface area contributed by atoms with E-state index in [-0.39, 0.29) is 42.5 Å². The molecule has 0 radical (unpaired) electrons. The normalized spacial score (nSPS) is 15.5. The number of hydrogen-bond acceptors (Lipinski definition) is 8. The number of anilines is 1. The first kappa shape index (κ1) is 41.8. The molecule has 2 amide bonds. The van der Waals surface area contributed by atoms with Gasteiger partial charge in [0.15, 0.2) is 0 Å². The standard InChI is InChI=1S/C53H48ClN5O7/c1-65-36-15-17-44-40(28-36)34(29-59(44)52(62)30-10-13-35(54)14-11-30)27-45(60)55-18-19-56-51(61)33-12-16-37(41(26-33)53(63)64)46-42-24-31-6-2-20-57-22-4-8-38(47(31)57)49(42)66-50-39-9-5-23-58-21-3-7-32(48(39)58)25-43(46)50/h10-17,24-26,28-29H,2-9,18-23,27H2,1H3,(H2-,55,56,60,61,63,64). The average molecular weight is 902 g/mol. The highest BCUT2D eigenvalue weighted by molar-refractivity contribution is 6.30. The summed E-state index contributed by atoms with van der Waals surface area (Å²) in [6, 6.07) is 21.2. The number of carbonyl (C=O) groups excluding carboxylic acids is 4. The molecular formula is C53H48ClN5O7. The predicted octanol–water partition coefficient (Wildman–Crippen LogP) is 4.88. The molecule has 0 unspecified atom stereocenters. The number of halogens is 1. The van der Waals surface area contributed by atoms with E-state index in [1.807, 2.05) is 0 Å². The van der Waals surface area contributed by atoms with Crippen LogP contribution in [0.25, 0.3) is 16.5 Å². The van der Waals surface area contributed by atoms with E-state index < -0.39 is 11.9 Å². The molecule has 0 aliphatic carbocycles. The van der Waals surface area contributed by atoms with Crippen molar-refractivity contribution in [1.29, 1.82) is 0 Å². The summed E-state index contributed by atoms with van der Waals surface area (Å²) in [6.45, 7) is 4.26. The monoisotopic (exact) mass is 901 g/mol. The van der Waals surface area contributed by atoms with Gasteiger partial charge in [-0.2, -0.15) is 0 Å². The largest absolute Gasteiger partial charge is 0.545 e. The van der Waals surface area contributed by atoms with Crippen LogP contribution in [0.4, 0.5) is 5.69 Å². The average Bonchev–Trinajstić information content (AvgIpc) is 3.69. The molecule has 0 spiro atoms. The Hall–Kier alpha value is -6.92. The number of carbonyl (C=O) groups is 4. The number of carboxylic acid groups (broad SMARTS) is 1. The number of benzene rings is 5. The second-order valence-electron chi connectivity index (χ2n) is 17.9. The Kier molecular flexibility index (Phi) is 10.6. The van der Waals surface area contributed by atoms with Crippen molar-refractivity contribution in [2.24, 2.45) is 0 Å². The lowest BCUT2D eigenvalue weighted by atomic mass is 9.81. The van der Waals surface area contributed by atoms with Crippen molar-refractivity contribution in [3.8, 4) is 17.2 Å². The summed E-state index contributed by atoms with van der Waals surface area (Å²) in [6.07, 6.45) is 9.42. The van der Waals surface area contributed by atoms with Crippen molar-refractivity contribution < 1.29 is 33.8 Å². The van der Waals surface area contributed by atoms with Crippen LogP contribution < -0.4 is 45.3 Å². The third kappa shape index (κ3) is 7.18. The van der Waals surface area contributed by atoms with Gasteiger partial charge in [-0.25, -0.2) is 4.58 Å². The van der Waals surface area contributed by atoms with Gasteiger partial charge in [-0.3, -0.25) is 19.0 Å². The molecule has 66 heavy (non-hydrogen) atoms.